The van der Waals surface area contributed by atoms with Crippen molar-refractivity contribution in [3.8, 4) is 0 Å². The van der Waals surface area contributed by atoms with Crippen molar-refractivity contribution in [2.75, 3.05) is 53.2 Å². The Bertz CT molecular complexity index is 206. The molecule has 19 heavy (non-hydrogen) atoms. The van der Waals surface area contributed by atoms with E-state index in [1.54, 1.807) is 7.11 Å². The van der Waals surface area contributed by atoms with Crippen LogP contribution in [-0.2, 0) is 14.2 Å². The van der Waals surface area contributed by atoms with Gasteiger partial charge in [-0.3, -0.25) is 0 Å². The molecule has 4 nitrogen and oxygen atoms in total. The largest absolute Gasteiger partial charge is 0.382 e. The van der Waals surface area contributed by atoms with Crippen LogP contribution in [0.15, 0.2) is 0 Å². The van der Waals surface area contributed by atoms with E-state index in [0.717, 1.165) is 19.7 Å². The second-order valence-electron chi connectivity index (χ2n) is 5.45. The minimum atomic E-state index is 0.493. The monoisotopic (exact) mass is 273 g/mol. The van der Waals surface area contributed by atoms with Crippen molar-refractivity contribution < 1.29 is 14.2 Å². The van der Waals surface area contributed by atoms with E-state index in [0.29, 0.717) is 31.8 Å². The topological polar surface area (TPSA) is 39.7 Å². The number of nitrogens with one attached hydrogen (secondary N) is 1. The highest BCUT2D eigenvalue weighted by atomic mass is 16.5. The zero-order valence-corrected chi connectivity index (χ0v) is 12.7. The Labute approximate surface area is 118 Å². The fraction of sp³-hybridized carbons (Fsp3) is 1.00. The number of ether oxygens (including phenoxy) is 3. The maximum atomic E-state index is 5.69. The molecule has 0 bridgehead atoms. The summed E-state index contributed by atoms with van der Waals surface area (Å²) in [5.74, 6) is 0. The highest BCUT2D eigenvalue weighted by Crippen LogP contribution is 2.40. The number of methoxy groups -OCH3 is 1. The fourth-order valence-electron chi connectivity index (χ4n) is 2.78. The first kappa shape index (κ1) is 16.9. The predicted molar refractivity (Wildman–Crippen MR) is 77.6 cm³/mol. The van der Waals surface area contributed by atoms with Gasteiger partial charge in [0.2, 0.25) is 0 Å². The van der Waals surface area contributed by atoms with Crippen molar-refractivity contribution >= 4 is 0 Å². The molecular weight excluding hydrogens is 242 g/mol. The molecule has 1 fully saturated rings. The van der Waals surface area contributed by atoms with Crippen LogP contribution in [-0.4, -0.2) is 53.2 Å². The van der Waals surface area contributed by atoms with Crippen LogP contribution in [0.3, 0.4) is 0 Å². The van der Waals surface area contributed by atoms with Gasteiger partial charge in [-0.15, -0.1) is 0 Å². The quantitative estimate of drug-likeness (QED) is 0.554. The third-order valence-corrected chi connectivity index (χ3v) is 3.99. The summed E-state index contributed by atoms with van der Waals surface area (Å²) in [6, 6.07) is 0. The second kappa shape index (κ2) is 10.6. The van der Waals surface area contributed by atoms with E-state index in [-0.39, 0.29) is 0 Å². The SMILES string of the molecule is CCNCC1(CCOCCOCCOC)CCCC1. The zero-order chi connectivity index (χ0) is 13.8. The third-order valence-electron chi connectivity index (χ3n) is 3.99. The first-order chi connectivity index (χ1) is 9.33. The van der Waals surface area contributed by atoms with E-state index in [9.17, 15) is 0 Å². The van der Waals surface area contributed by atoms with Gasteiger partial charge in [0, 0.05) is 20.3 Å². The van der Waals surface area contributed by atoms with Crippen LogP contribution in [0.25, 0.3) is 0 Å². The lowest BCUT2D eigenvalue weighted by atomic mass is 9.83. The molecule has 0 aromatic rings. The molecule has 1 saturated carbocycles. The molecule has 4 heteroatoms. The zero-order valence-electron chi connectivity index (χ0n) is 12.7. The summed E-state index contributed by atoms with van der Waals surface area (Å²) in [5, 5.41) is 3.51. The molecule has 0 radical (unpaired) electrons. The predicted octanol–water partition coefficient (Wildman–Crippen LogP) is 2.23. The average molecular weight is 273 g/mol. The van der Waals surface area contributed by atoms with Crippen LogP contribution >= 0.6 is 0 Å². The normalized spacial score (nSPS) is 18.0. The van der Waals surface area contributed by atoms with Crippen molar-refractivity contribution in [1.29, 1.82) is 0 Å². The minimum Gasteiger partial charge on any atom is -0.382 e. The highest BCUT2D eigenvalue weighted by molar-refractivity contribution is 4.86. The summed E-state index contributed by atoms with van der Waals surface area (Å²) in [6.07, 6.45) is 6.65. The maximum Gasteiger partial charge on any atom is 0.0701 e. The van der Waals surface area contributed by atoms with Crippen LogP contribution in [0, 0.1) is 5.41 Å². The molecule has 1 N–H and O–H groups in total. The first-order valence-electron chi connectivity index (χ1n) is 7.68. The van der Waals surface area contributed by atoms with Crippen LogP contribution < -0.4 is 5.32 Å². The Kier molecular flexibility index (Phi) is 9.43. The Morgan fingerprint density at radius 2 is 1.58 bits per heavy atom. The van der Waals surface area contributed by atoms with Crippen LogP contribution in [0.2, 0.25) is 0 Å². The smallest absolute Gasteiger partial charge is 0.0701 e. The minimum absolute atomic E-state index is 0.493. The van der Waals surface area contributed by atoms with Gasteiger partial charge in [-0.2, -0.15) is 0 Å². The molecular formula is C15H31NO3. The van der Waals surface area contributed by atoms with Crippen molar-refractivity contribution in [2.24, 2.45) is 5.41 Å². The summed E-state index contributed by atoms with van der Waals surface area (Å²) in [4.78, 5) is 0. The molecule has 0 spiro atoms. The van der Waals surface area contributed by atoms with E-state index in [1.165, 1.54) is 32.1 Å². The van der Waals surface area contributed by atoms with E-state index < -0.39 is 0 Å². The summed E-state index contributed by atoms with van der Waals surface area (Å²) < 4.78 is 16.0. The molecule has 1 rings (SSSR count). The number of rotatable bonds is 12. The first-order valence-corrected chi connectivity index (χ1v) is 7.68. The van der Waals surface area contributed by atoms with Crippen molar-refractivity contribution in [3.05, 3.63) is 0 Å². The molecule has 1 aliphatic carbocycles. The Morgan fingerprint density at radius 1 is 0.947 bits per heavy atom. The van der Waals surface area contributed by atoms with Crippen molar-refractivity contribution in [1.82, 2.24) is 5.32 Å². The lowest BCUT2D eigenvalue weighted by Gasteiger charge is -2.29. The van der Waals surface area contributed by atoms with E-state index >= 15 is 0 Å². The number of hydrogen-bond acceptors (Lipinski definition) is 4. The van der Waals surface area contributed by atoms with Gasteiger partial charge in [-0.1, -0.05) is 19.8 Å². The lowest BCUT2D eigenvalue weighted by molar-refractivity contribution is 0.0167. The van der Waals surface area contributed by atoms with Gasteiger partial charge >= 0.3 is 0 Å². The highest BCUT2D eigenvalue weighted by Gasteiger charge is 2.32. The molecule has 114 valence electrons. The molecule has 0 atom stereocenters. The van der Waals surface area contributed by atoms with E-state index in [4.69, 9.17) is 14.2 Å². The van der Waals surface area contributed by atoms with Gasteiger partial charge in [-0.05, 0) is 31.2 Å². The summed E-state index contributed by atoms with van der Waals surface area (Å²) in [6.45, 7) is 7.93. The van der Waals surface area contributed by atoms with Gasteiger partial charge in [0.25, 0.3) is 0 Å². The third kappa shape index (κ3) is 7.25. The summed E-state index contributed by atoms with van der Waals surface area (Å²) in [5.41, 5.74) is 0.493. The Balaban J connectivity index is 2.02. The summed E-state index contributed by atoms with van der Waals surface area (Å²) >= 11 is 0. The molecule has 1 aliphatic rings. The molecule has 0 heterocycles. The molecule has 0 unspecified atom stereocenters. The second-order valence-corrected chi connectivity index (χ2v) is 5.45. The Hall–Kier alpha value is -0.160. The van der Waals surface area contributed by atoms with Gasteiger partial charge in [-0.25, -0.2) is 0 Å². The molecule has 0 aromatic heterocycles. The average Bonchev–Trinajstić information content (AvgIpc) is 2.89. The van der Waals surface area contributed by atoms with Gasteiger partial charge < -0.3 is 19.5 Å². The van der Waals surface area contributed by atoms with Crippen molar-refractivity contribution in [2.45, 2.75) is 39.0 Å². The Morgan fingerprint density at radius 3 is 2.21 bits per heavy atom. The molecule has 0 aliphatic heterocycles. The van der Waals surface area contributed by atoms with Crippen LogP contribution in [0.5, 0.6) is 0 Å². The van der Waals surface area contributed by atoms with E-state index in [2.05, 4.69) is 12.2 Å². The molecule has 0 aromatic carbocycles. The fourth-order valence-corrected chi connectivity index (χ4v) is 2.78. The molecule has 0 saturated heterocycles. The molecule has 0 amide bonds. The van der Waals surface area contributed by atoms with Crippen LogP contribution in [0.1, 0.15) is 39.0 Å². The lowest BCUT2D eigenvalue weighted by Crippen LogP contribution is -2.33. The van der Waals surface area contributed by atoms with Crippen LogP contribution in [0.4, 0.5) is 0 Å². The summed E-state index contributed by atoms with van der Waals surface area (Å²) in [7, 11) is 1.69. The van der Waals surface area contributed by atoms with Gasteiger partial charge in [0.15, 0.2) is 0 Å². The number of hydrogen-bond donors (Lipinski definition) is 1. The van der Waals surface area contributed by atoms with Crippen molar-refractivity contribution in [3.63, 3.8) is 0 Å². The van der Waals surface area contributed by atoms with E-state index in [1.807, 2.05) is 0 Å². The van der Waals surface area contributed by atoms with Gasteiger partial charge in [0.05, 0.1) is 26.4 Å². The maximum absolute atomic E-state index is 5.69. The standard InChI is InChI=1S/C15H31NO3/c1-3-16-14-15(6-4-5-7-15)8-9-18-12-13-19-11-10-17-2/h16H,3-14H2,1-2H3. The van der Waals surface area contributed by atoms with Gasteiger partial charge in [0.1, 0.15) is 0 Å².